The Morgan fingerprint density at radius 2 is 1.66 bits per heavy atom. The number of benzene rings is 3. The summed E-state index contributed by atoms with van der Waals surface area (Å²) < 4.78 is 0. The predicted molar refractivity (Wildman–Crippen MR) is 128 cm³/mol. The Balaban J connectivity index is 1.59. The standard InChI is InChI=1S/C25H18N4O2S/c1-32-18-13-11-16(12-14-18)15-21-25(31)29(23(26-21)17-7-3-2-4-8-17)28-22-19-9-5-6-10-20(19)27-24(22)30/h2-15H,1H3,(H,27,28,30)/b21-15+. The largest absolute Gasteiger partial charge is 0.320 e. The molecule has 5 rings (SSSR count). The van der Waals surface area contributed by atoms with Crippen LogP contribution in [0.2, 0.25) is 0 Å². The Kier molecular flexibility index (Phi) is 5.17. The zero-order valence-electron chi connectivity index (χ0n) is 17.1. The van der Waals surface area contributed by atoms with Crippen molar-refractivity contribution in [3.05, 3.63) is 101 Å². The second-order valence-corrected chi connectivity index (χ2v) is 8.05. The molecule has 0 saturated heterocycles. The number of hydrogen-bond donors (Lipinski definition) is 1. The van der Waals surface area contributed by atoms with Crippen molar-refractivity contribution in [1.29, 1.82) is 0 Å². The Morgan fingerprint density at radius 1 is 0.938 bits per heavy atom. The number of carbonyl (C=O) groups is 2. The highest BCUT2D eigenvalue weighted by Crippen LogP contribution is 2.27. The number of hydrogen-bond acceptors (Lipinski definition) is 5. The molecule has 2 heterocycles. The van der Waals surface area contributed by atoms with Gasteiger partial charge < -0.3 is 5.32 Å². The van der Waals surface area contributed by atoms with Gasteiger partial charge in [0, 0.05) is 16.0 Å². The molecule has 2 aliphatic heterocycles. The fourth-order valence-corrected chi connectivity index (χ4v) is 3.94. The Bertz CT molecular complexity index is 1310. The number of nitrogens with zero attached hydrogens (tertiary/aromatic N) is 3. The molecule has 32 heavy (non-hydrogen) atoms. The number of rotatable bonds is 4. The molecule has 7 heteroatoms. The maximum absolute atomic E-state index is 13.3. The summed E-state index contributed by atoms with van der Waals surface area (Å²) in [5, 5.41) is 8.47. The Labute approximate surface area is 189 Å². The summed E-state index contributed by atoms with van der Waals surface area (Å²) in [5.41, 5.74) is 3.37. The third-order valence-electron chi connectivity index (χ3n) is 5.14. The van der Waals surface area contributed by atoms with E-state index in [2.05, 4.69) is 15.4 Å². The highest BCUT2D eigenvalue weighted by Gasteiger charge is 2.34. The van der Waals surface area contributed by atoms with E-state index in [1.165, 1.54) is 5.01 Å². The number of amidine groups is 1. The number of amides is 2. The van der Waals surface area contributed by atoms with Crippen LogP contribution in [-0.2, 0) is 9.59 Å². The minimum atomic E-state index is -0.387. The predicted octanol–water partition coefficient (Wildman–Crippen LogP) is 4.39. The van der Waals surface area contributed by atoms with Gasteiger partial charge in [0.15, 0.2) is 11.5 Å². The third kappa shape index (κ3) is 3.63. The SMILES string of the molecule is CSc1ccc(/C=C2/N=C(c3ccccc3)N(/N=C3\C(=O)Nc4ccccc43)C2=O)cc1. The zero-order chi connectivity index (χ0) is 22.1. The minimum Gasteiger partial charge on any atom is -0.320 e. The lowest BCUT2D eigenvalue weighted by Crippen LogP contribution is -2.30. The van der Waals surface area contributed by atoms with Gasteiger partial charge in [-0.15, -0.1) is 11.8 Å². The second kappa shape index (κ2) is 8.28. The van der Waals surface area contributed by atoms with E-state index in [0.29, 0.717) is 17.1 Å². The number of anilines is 1. The van der Waals surface area contributed by atoms with Crippen LogP contribution >= 0.6 is 11.8 Å². The van der Waals surface area contributed by atoms with Gasteiger partial charge in [-0.25, -0.2) is 4.99 Å². The Hall–Kier alpha value is -3.97. The molecule has 2 aliphatic rings. The van der Waals surface area contributed by atoms with Gasteiger partial charge in [-0.3, -0.25) is 9.59 Å². The summed E-state index contributed by atoms with van der Waals surface area (Å²) in [4.78, 5) is 31.6. The number of thioether (sulfide) groups is 1. The highest BCUT2D eigenvalue weighted by molar-refractivity contribution is 7.98. The van der Waals surface area contributed by atoms with E-state index in [9.17, 15) is 9.59 Å². The van der Waals surface area contributed by atoms with E-state index in [0.717, 1.165) is 16.0 Å². The van der Waals surface area contributed by atoms with Gasteiger partial charge >= 0.3 is 0 Å². The van der Waals surface area contributed by atoms with Crippen LogP contribution in [0.3, 0.4) is 0 Å². The van der Waals surface area contributed by atoms with Crippen LogP contribution in [0.25, 0.3) is 6.08 Å². The first-order chi connectivity index (χ1) is 15.6. The fraction of sp³-hybridized carbons (Fsp3) is 0.0400. The molecule has 0 unspecified atom stereocenters. The summed E-state index contributed by atoms with van der Waals surface area (Å²) in [6, 6.07) is 24.5. The van der Waals surface area contributed by atoms with Crippen molar-refractivity contribution in [2.24, 2.45) is 10.1 Å². The number of aliphatic imine (C=N–C) groups is 1. The van der Waals surface area contributed by atoms with Gasteiger partial charge in [0.2, 0.25) is 0 Å². The molecule has 0 fully saturated rings. The van der Waals surface area contributed by atoms with Crippen LogP contribution in [0.15, 0.2) is 99.5 Å². The second-order valence-electron chi connectivity index (χ2n) is 7.17. The molecule has 3 aromatic rings. The number of carbonyl (C=O) groups excluding carboxylic acids is 2. The van der Waals surface area contributed by atoms with Crippen molar-refractivity contribution in [2.45, 2.75) is 4.90 Å². The molecule has 2 amide bonds. The molecule has 156 valence electrons. The molecule has 0 aliphatic carbocycles. The van der Waals surface area contributed by atoms with Gasteiger partial charge in [-0.05, 0) is 36.1 Å². The normalized spacial score (nSPS) is 17.7. The number of hydrazone groups is 1. The van der Waals surface area contributed by atoms with E-state index in [1.54, 1.807) is 30.0 Å². The topological polar surface area (TPSA) is 74.1 Å². The monoisotopic (exact) mass is 438 g/mol. The first-order valence-electron chi connectivity index (χ1n) is 9.98. The van der Waals surface area contributed by atoms with Crippen molar-refractivity contribution in [2.75, 3.05) is 11.6 Å². The van der Waals surface area contributed by atoms with Crippen molar-refractivity contribution in [3.8, 4) is 0 Å². The lowest BCUT2D eigenvalue weighted by molar-refractivity contribution is -0.122. The van der Waals surface area contributed by atoms with E-state index in [1.807, 2.05) is 73.0 Å². The average Bonchev–Trinajstić information content (AvgIpc) is 3.31. The van der Waals surface area contributed by atoms with Crippen LogP contribution < -0.4 is 5.32 Å². The van der Waals surface area contributed by atoms with Gasteiger partial charge in [-0.2, -0.15) is 10.1 Å². The highest BCUT2D eigenvalue weighted by atomic mass is 32.2. The van der Waals surface area contributed by atoms with Crippen molar-refractivity contribution >= 4 is 46.9 Å². The molecule has 0 atom stereocenters. The summed E-state index contributed by atoms with van der Waals surface area (Å²) in [5.74, 6) is -0.355. The lowest BCUT2D eigenvalue weighted by Gasteiger charge is -2.13. The summed E-state index contributed by atoms with van der Waals surface area (Å²) >= 11 is 1.65. The number of fused-ring (bicyclic) bond motifs is 1. The third-order valence-corrected chi connectivity index (χ3v) is 5.88. The number of para-hydroxylation sites is 1. The van der Waals surface area contributed by atoms with Crippen LogP contribution in [0.5, 0.6) is 0 Å². The van der Waals surface area contributed by atoms with E-state index in [4.69, 9.17) is 0 Å². The average molecular weight is 439 g/mol. The number of nitrogens with one attached hydrogen (secondary N) is 1. The quantitative estimate of drug-likeness (QED) is 0.485. The molecule has 0 saturated carbocycles. The van der Waals surface area contributed by atoms with E-state index >= 15 is 0 Å². The smallest absolute Gasteiger partial charge is 0.298 e. The van der Waals surface area contributed by atoms with Crippen LogP contribution in [0.1, 0.15) is 16.7 Å². The Morgan fingerprint density at radius 3 is 2.41 bits per heavy atom. The summed E-state index contributed by atoms with van der Waals surface area (Å²) in [7, 11) is 0. The van der Waals surface area contributed by atoms with Crippen molar-refractivity contribution in [1.82, 2.24) is 5.01 Å². The fourth-order valence-electron chi connectivity index (χ4n) is 3.53. The van der Waals surface area contributed by atoms with Crippen molar-refractivity contribution in [3.63, 3.8) is 0 Å². The van der Waals surface area contributed by atoms with Gasteiger partial charge in [0.25, 0.3) is 11.8 Å². The van der Waals surface area contributed by atoms with Gasteiger partial charge in [0.1, 0.15) is 5.70 Å². The van der Waals surface area contributed by atoms with Crippen LogP contribution in [-0.4, -0.2) is 34.6 Å². The van der Waals surface area contributed by atoms with Crippen LogP contribution in [0.4, 0.5) is 5.69 Å². The first-order valence-corrected chi connectivity index (χ1v) is 11.2. The molecule has 0 spiro atoms. The molecule has 1 N–H and O–H groups in total. The van der Waals surface area contributed by atoms with Gasteiger partial charge in [0.05, 0.1) is 5.69 Å². The van der Waals surface area contributed by atoms with Crippen LogP contribution in [0, 0.1) is 0 Å². The van der Waals surface area contributed by atoms with E-state index < -0.39 is 0 Å². The molecule has 0 radical (unpaired) electrons. The molecule has 6 nitrogen and oxygen atoms in total. The minimum absolute atomic E-state index is 0.183. The van der Waals surface area contributed by atoms with E-state index in [-0.39, 0.29) is 23.2 Å². The van der Waals surface area contributed by atoms with Crippen molar-refractivity contribution < 1.29 is 9.59 Å². The molecule has 0 aromatic heterocycles. The summed E-state index contributed by atoms with van der Waals surface area (Å²) in [6.45, 7) is 0. The van der Waals surface area contributed by atoms with Gasteiger partial charge in [-0.1, -0.05) is 60.7 Å². The molecule has 3 aromatic carbocycles. The first kappa shape index (κ1) is 20.0. The lowest BCUT2D eigenvalue weighted by atomic mass is 10.1. The maximum atomic E-state index is 13.3. The maximum Gasteiger partial charge on any atom is 0.298 e. The molecular weight excluding hydrogens is 420 g/mol. The summed E-state index contributed by atoms with van der Waals surface area (Å²) in [6.07, 6.45) is 3.75. The molecule has 0 bridgehead atoms. The molecular formula is C25H18N4O2S. The zero-order valence-corrected chi connectivity index (χ0v) is 18.0.